The quantitative estimate of drug-likeness (QED) is 0.780. The molecular formula is C21H27N3O. The largest absolute Gasteiger partial charge is 0.370 e. The third-order valence-electron chi connectivity index (χ3n) is 4.81. The molecule has 3 rings (SSSR count). The molecule has 1 aromatic heterocycles. The molecule has 0 unspecified atom stereocenters. The summed E-state index contributed by atoms with van der Waals surface area (Å²) in [7, 11) is 0. The Morgan fingerprint density at radius 3 is 2.84 bits per heavy atom. The summed E-state index contributed by atoms with van der Waals surface area (Å²) in [5.74, 6) is 1.04. The third kappa shape index (κ3) is 4.19. The first kappa shape index (κ1) is 17.5. The van der Waals surface area contributed by atoms with E-state index in [1.807, 2.05) is 47.5 Å². The normalized spacial score (nSPS) is 17.3. The standard InChI is InChI=1S/C21H27N3O/c1-2-3-14-22-20-18(12-9-15-23-20)19-13-7-8-16-24(19)21(25)17-10-5-4-6-11-17/h4-6,9-12,15,19H,2-3,7-8,13-14,16H2,1H3,(H,22,23)/t19-/m0/s1. The Labute approximate surface area is 150 Å². The van der Waals surface area contributed by atoms with Crippen LogP contribution in [0.5, 0.6) is 0 Å². The van der Waals surface area contributed by atoms with Crippen LogP contribution < -0.4 is 5.32 Å². The van der Waals surface area contributed by atoms with Crippen LogP contribution in [0.25, 0.3) is 0 Å². The van der Waals surface area contributed by atoms with Crippen molar-refractivity contribution in [3.05, 3.63) is 59.8 Å². The number of nitrogens with one attached hydrogen (secondary N) is 1. The Morgan fingerprint density at radius 2 is 2.04 bits per heavy atom. The van der Waals surface area contributed by atoms with E-state index < -0.39 is 0 Å². The van der Waals surface area contributed by atoms with Crippen LogP contribution in [0.4, 0.5) is 5.82 Å². The second-order valence-corrected chi connectivity index (χ2v) is 6.60. The average molecular weight is 337 g/mol. The van der Waals surface area contributed by atoms with Crippen molar-refractivity contribution in [3.63, 3.8) is 0 Å². The number of hydrogen-bond donors (Lipinski definition) is 1. The lowest BCUT2D eigenvalue weighted by molar-refractivity contribution is 0.0612. The zero-order valence-corrected chi connectivity index (χ0v) is 14.9. The molecule has 0 saturated carbocycles. The molecule has 25 heavy (non-hydrogen) atoms. The zero-order chi connectivity index (χ0) is 17.5. The van der Waals surface area contributed by atoms with E-state index >= 15 is 0 Å². The highest BCUT2D eigenvalue weighted by Gasteiger charge is 2.30. The summed E-state index contributed by atoms with van der Waals surface area (Å²) in [6.45, 7) is 3.91. The van der Waals surface area contributed by atoms with Crippen LogP contribution in [-0.4, -0.2) is 28.9 Å². The lowest BCUT2D eigenvalue weighted by Crippen LogP contribution is -2.38. The van der Waals surface area contributed by atoms with Gasteiger partial charge in [0.1, 0.15) is 5.82 Å². The summed E-state index contributed by atoms with van der Waals surface area (Å²) >= 11 is 0. The average Bonchev–Trinajstić information content (AvgIpc) is 2.69. The van der Waals surface area contributed by atoms with Crippen LogP contribution in [0, 0.1) is 0 Å². The minimum atomic E-state index is 0.0966. The Balaban J connectivity index is 1.85. The summed E-state index contributed by atoms with van der Waals surface area (Å²) in [4.78, 5) is 19.6. The molecule has 1 aromatic carbocycles. The highest BCUT2D eigenvalue weighted by Crippen LogP contribution is 2.35. The number of pyridine rings is 1. The summed E-state index contributed by atoms with van der Waals surface area (Å²) < 4.78 is 0. The fraction of sp³-hybridized carbons (Fsp3) is 0.429. The van der Waals surface area contributed by atoms with E-state index in [1.54, 1.807) is 0 Å². The molecule has 1 atom stereocenters. The Hall–Kier alpha value is -2.36. The second kappa shape index (κ2) is 8.65. The van der Waals surface area contributed by atoms with Gasteiger partial charge in [0.25, 0.3) is 5.91 Å². The highest BCUT2D eigenvalue weighted by atomic mass is 16.2. The molecule has 1 aliphatic rings. The van der Waals surface area contributed by atoms with Gasteiger partial charge >= 0.3 is 0 Å². The first-order valence-electron chi connectivity index (χ1n) is 9.36. The molecule has 132 valence electrons. The highest BCUT2D eigenvalue weighted by molar-refractivity contribution is 5.94. The molecule has 0 radical (unpaired) electrons. The predicted octanol–water partition coefficient (Wildman–Crippen LogP) is 4.66. The summed E-state index contributed by atoms with van der Waals surface area (Å²) in [5, 5.41) is 3.46. The Bertz CT molecular complexity index is 687. The topological polar surface area (TPSA) is 45.2 Å². The molecule has 0 bridgehead atoms. The maximum atomic E-state index is 13.0. The summed E-state index contributed by atoms with van der Waals surface area (Å²) in [6.07, 6.45) is 7.29. The fourth-order valence-electron chi connectivity index (χ4n) is 3.46. The molecule has 4 heteroatoms. The zero-order valence-electron chi connectivity index (χ0n) is 14.9. The number of benzene rings is 1. The first-order chi connectivity index (χ1) is 12.3. The van der Waals surface area contributed by atoms with E-state index in [2.05, 4.69) is 23.3 Å². The van der Waals surface area contributed by atoms with Gasteiger partial charge in [0.2, 0.25) is 0 Å². The lowest BCUT2D eigenvalue weighted by Gasteiger charge is -2.36. The lowest BCUT2D eigenvalue weighted by atomic mass is 9.94. The smallest absolute Gasteiger partial charge is 0.254 e. The van der Waals surface area contributed by atoms with E-state index in [4.69, 9.17) is 0 Å². The molecule has 1 N–H and O–H groups in total. The number of hydrogen-bond acceptors (Lipinski definition) is 3. The fourth-order valence-corrected chi connectivity index (χ4v) is 3.46. The SMILES string of the molecule is CCCCNc1ncccc1[C@@H]1CCCCN1C(=O)c1ccccc1. The maximum Gasteiger partial charge on any atom is 0.254 e. The Morgan fingerprint density at radius 1 is 1.20 bits per heavy atom. The third-order valence-corrected chi connectivity index (χ3v) is 4.81. The van der Waals surface area contributed by atoms with Crippen LogP contribution in [0.15, 0.2) is 48.7 Å². The van der Waals surface area contributed by atoms with Crippen LogP contribution in [0.2, 0.25) is 0 Å². The number of unbranched alkanes of at least 4 members (excludes halogenated alkanes) is 1. The van der Waals surface area contributed by atoms with E-state index in [-0.39, 0.29) is 11.9 Å². The molecule has 1 amide bonds. The molecule has 1 fully saturated rings. The van der Waals surface area contributed by atoms with Crippen molar-refractivity contribution in [1.29, 1.82) is 0 Å². The van der Waals surface area contributed by atoms with Crippen molar-refractivity contribution in [1.82, 2.24) is 9.88 Å². The van der Waals surface area contributed by atoms with Crippen molar-refractivity contribution < 1.29 is 4.79 Å². The van der Waals surface area contributed by atoms with Gasteiger partial charge in [-0.2, -0.15) is 0 Å². The van der Waals surface area contributed by atoms with E-state index in [9.17, 15) is 4.79 Å². The van der Waals surface area contributed by atoms with E-state index in [0.29, 0.717) is 0 Å². The summed E-state index contributed by atoms with van der Waals surface area (Å²) in [5.41, 5.74) is 1.90. The van der Waals surface area contributed by atoms with Crippen LogP contribution in [0.1, 0.15) is 61.0 Å². The molecule has 1 aliphatic heterocycles. The second-order valence-electron chi connectivity index (χ2n) is 6.60. The molecular weight excluding hydrogens is 310 g/mol. The van der Waals surface area contributed by atoms with E-state index in [0.717, 1.165) is 62.1 Å². The number of nitrogens with zero attached hydrogens (tertiary/aromatic N) is 2. The molecule has 0 spiro atoms. The number of carbonyl (C=O) groups is 1. The van der Waals surface area contributed by atoms with E-state index in [1.165, 1.54) is 0 Å². The molecule has 4 nitrogen and oxygen atoms in total. The van der Waals surface area contributed by atoms with Crippen molar-refractivity contribution in [2.24, 2.45) is 0 Å². The van der Waals surface area contributed by atoms with Crippen LogP contribution in [-0.2, 0) is 0 Å². The van der Waals surface area contributed by atoms with Gasteiger partial charge in [0.15, 0.2) is 0 Å². The minimum absolute atomic E-state index is 0.0966. The van der Waals surface area contributed by atoms with Gasteiger partial charge in [-0.15, -0.1) is 0 Å². The number of anilines is 1. The van der Waals surface area contributed by atoms with Gasteiger partial charge in [-0.25, -0.2) is 4.98 Å². The number of amides is 1. The molecule has 2 aromatic rings. The van der Waals surface area contributed by atoms with Crippen LogP contribution >= 0.6 is 0 Å². The van der Waals surface area contributed by atoms with Gasteiger partial charge in [-0.05, 0) is 43.9 Å². The van der Waals surface area contributed by atoms with Crippen molar-refractivity contribution in [2.75, 3.05) is 18.4 Å². The van der Waals surface area contributed by atoms with Crippen molar-refractivity contribution >= 4 is 11.7 Å². The monoisotopic (exact) mass is 337 g/mol. The minimum Gasteiger partial charge on any atom is -0.370 e. The molecule has 1 saturated heterocycles. The van der Waals surface area contributed by atoms with Gasteiger partial charge < -0.3 is 10.2 Å². The summed E-state index contributed by atoms with van der Waals surface area (Å²) in [6, 6.07) is 13.8. The number of rotatable bonds is 6. The Kier molecular flexibility index (Phi) is 6.04. The van der Waals surface area contributed by atoms with Gasteiger partial charge in [-0.3, -0.25) is 4.79 Å². The van der Waals surface area contributed by atoms with Crippen molar-refractivity contribution in [2.45, 2.75) is 45.1 Å². The van der Waals surface area contributed by atoms with Gasteiger partial charge in [0.05, 0.1) is 6.04 Å². The number of piperidine rings is 1. The van der Waals surface area contributed by atoms with Crippen molar-refractivity contribution in [3.8, 4) is 0 Å². The molecule has 2 heterocycles. The maximum absolute atomic E-state index is 13.0. The number of likely N-dealkylation sites (tertiary alicyclic amines) is 1. The van der Waals surface area contributed by atoms with Gasteiger partial charge in [0, 0.05) is 30.4 Å². The first-order valence-corrected chi connectivity index (χ1v) is 9.36. The molecule has 0 aliphatic carbocycles. The predicted molar refractivity (Wildman–Crippen MR) is 102 cm³/mol. The number of carbonyl (C=O) groups excluding carboxylic acids is 1. The number of aromatic nitrogens is 1. The van der Waals surface area contributed by atoms with Crippen LogP contribution in [0.3, 0.4) is 0 Å². The van der Waals surface area contributed by atoms with Gasteiger partial charge in [-0.1, -0.05) is 37.6 Å².